The molecule has 0 aliphatic rings. The number of aryl methyl sites for hydroxylation is 1. The molecule has 0 saturated carbocycles. The predicted octanol–water partition coefficient (Wildman–Crippen LogP) is 0.945. The smallest absolute Gasteiger partial charge is 0.288 e. The molecule has 4 heteroatoms. The topological polar surface area (TPSA) is 16.8 Å². The molecule has 0 bridgehead atoms. The monoisotopic (exact) mass is 404 g/mol. The molecule has 21 heavy (non-hydrogen) atoms. The number of pyridine rings is 1. The van der Waals surface area contributed by atoms with Crippen molar-refractivity contribution in [2.24, 2.45) is 7.05 Å². The van der Waals surface area contributed by atoms with Gasteiger partial charge in [0.1, 0.15) is 17.4 Å². The van der Waals surface area contributed by atoms with Crippen LogP contribution in [0.15, 0.2) is 60.7 Å². The van der Waals surface area contributed by atoms with Gasteiger partial charge < -0.3 is 24.0 Å². The first-order valence-electron chi connectivity index (χ1n) is 6.57. The van der Waals surface area contributed by atoms with E-state index in [0.717, 1.165) is 11.2 Å². The Labute approximate surface area is 144 Å². The Balaban J connectivity index is 0.00000132. The summed E-state index contributed by atoms with van der Waals surface area (Å²) in [4.78, 5) is 4.79. The summed E-state index contributed by atoms with van der Waals surface area (Å²) in [7, 11) is 2.10. The van der Waals surface area contributed by atoms with Crippen molar-refractivity contribution >= 4 is 32.5 Å². The summed E-state index contributed by atoms with van der Waals surface area (Å²) in [6, 6.07) is 20.9. The molecule has 2 heterocycles. The lowest BCUT2D eigenvalue weighted by Crippen LogP contribution is -3.00. The van der Waals surface area contributed by atoms with Gasteiger partial charge >= 0.3 is 0 Å². The quantitative estimate of drug-likeness (QED) is 0.341. The van der Waals surface area contributed by atoms with Crippen molar-refractivity contribution in [3.63, 3.8) is 0 Å². The second kappa shape index (κ2) is 5.69. The summed E-state index contributed by atoms with van der Waals surface area (Å²) < 4.78 is 3.51. The minimum absolute atomic E-state index is 0. The van der Waals surface area contributed by atoms with Crippen molar-refractivity contribution in [2.45, 2.75) is 0 Å². The van der Waals surface area contributed by atoms with Crippen molar-refractivity contribution in [3.05, 3.63) is 60.7 Å². The molecule has 0 aliphatic heterocycles. The highest BCUT2D eigenvalue weighted by molar-refractivity contribution is 7.21. The zero-order valence-electron chi connectivity index (χ0n) is 11.5. The van der Waals surface area contributed by atoms with Crippen molar-refractivity contribution in [1.29, 1.82) is 0 Å². The molecule has 0 atom stereocenters. The first-order chi connectivity index (χ1) is 9.83. The van der Waals surface area contributed by atoms with Crippen LogP contribution in [0, 0.1) is 0 Å². The number of hydrogen-bond acceptors (Lipinski definition) is 2. The predicted molar refractivity (Wildman–Crippen MR) is 83.7 cm³/mol. The zero-order chi connectivity index (χ0) is 13.5. The Bertz CT molecular complexity index is 930. The van der Waals surface area contributed by atoms with Crippen molar-refractivity contribution in [1.82, 2.24) is 4.98 Å². The molecular weight excluding hydrogens is 391 g/mol. The summed E-state index contributed by atoms with van der Waals surface area (Å²) in [6.07, 6.45) is 0. The molecular formula is C17H13IN2S. The maximum atomic E-state index is 4.79. The van der Waals surface area contributed by atoms with E-state index in [-0.39, 0.29) is 24.0 Å². The van der Waals surface area contributed by atoms with Crippen molar-refractivity contribution in [3.8, 4) is 10.7 Å². The van der Waals surface area contributed by atoms with E-state index >= 15 is 0 Å². The van der Waals surface area contributed by atoms with Crippen LogP contribution in [-0.2, 0) is 7.05 Å². The highest BCUT2D eigenvalue weighted by atomic mass is 127. The molecule has 0 saturated heterocycles. The molecule has 4 rings (SSSR count). The lowest BCUT2D eigenvalue weighted by Gasteiger charge is -1.98. The van der Waals surface area contributed by atoms with Gasteiger partial charge in [0.25, 0.3) is 5.01 Å². The van der Waals surface area contributed by atoms with Gasteiger partial charge in [0.15, 0.2) is 0 Å². The average molecular weight is 404 g/mol. The lowest BCUT2D eigenvalue weighted by atomic mass is 10.2. The molecule has 0 radical (unpaired) electrons. The Morgan fingerprint density at radius 1 is 0.905 bits per heavy atom. The Morgan fingerprint density at radius 3 is 2.52 bits per heavy atom. The maximum Gasteiger partial charge on any atom is 0.288 e. The average Bonchev–Trinajstić information content (AvgIpc) is 2.84. The number of aromatic nitrogens is 2. The second-order valence-corrected chi connectivity index (χ2v) is 5.85. The molecule has 2 aromatic carbocycles. The molecule has 0 aliphatic carbocycles. The van der Waals surface area contributed by atoms with Gasteiger partial charge in [-0.2, -0.15) is 4.57 Å². The molecule has 0 amide bonds. The van der Waals surface area contributed by atoms with E-state index in [1.165, 1.54) is 20.6 Å². The minimum Gasteiger partial charge on any atom is -1.00 e. The van der Waals surface area contributed by atoms with Gasteiger partial charge in [-0.25, -0.2) is 4.98 Å². The number of halogens is 1. The van der Waals surface area contributed by atoms with E-state index < -0.39 is 0 Å². The van der Waals surface area contributed by atoms with E-state index in [4.69, 9.17) is 4.98 Å². The normalized spacial score (nSPS) is 10.7. The molecule has 0 N–H and O–H groups in total. The maximum absolute atomic E-state index is 4.79. The van der Waals surface area contributed by atoms with Gasteiger partial charge in [0.05, 0.1) is 5.52 Å². The van der Waals surface area contributed by atoms with Gasteiger partial charge in [-0.15, -0.1) is 0 Å². The standard InChI is InChI=1S/C17H13N2S.HI/c1-19-15-8-4-5-9-16(15)20-17(19)14-11-10-12-6-2-3-7-13(12)18-14;/h2-11H,1H3;1H/q+1;/p-1. The number of benzene rings is 2. The highest BCUT2D eigenvalue weighted by Crippen LogP contribution is 2.27. The fourth-order valence-corrected chi connectivity index (χ4v) is 3.63. The van der Waals surface area contributed by atoms with E-state index in [1.807, 2.05) is 12.1 Å². The largest absolute Gasteiger partial charge is 1.00 e. The number of fused-ring (bicyclic) bond motifs is 2. The number of para-hydroxylation sites is 2. The van der Waals surface area contributed by atoms with E-state index in [9.17, 15) is 0 Å². The Kier molecular flexibility index (Phi) is 3.91. The fraction of sp³-hybridized carbons (Fsp3) is 0.0588. The number of rotatable bonds is 1. The lowest BCUT2D eigenvalue weighted by molar-refractivity contribution is -0.629. The molecule has 0 fully saturated rings. The van der Waals surface area contributed by atoms with Gasteiger partial charge in [0, 0.05) is 11.5 Å². The molecule has 0 unspecified atom stereocenters. The summed E-state index contributed by atoms with van der Waals surface area (Å²) >= 11 is 1.79. The van der Waals surface area contributed by atoms with Crippen LogP contribution in [-0.4, -0.2) is 4.98 Å². The van der Waals surface area contributed by atoms with Gasteiger partial charge in [-0.1, -0.05) is 47.7 Å². The summed E-state index contributed by atoms with van der Waals surface area (Å²) in [5.41, 5.74) is 3.33. The molecule has 0 spiro atoms. The number of thiazole rings is 1. The van der Waals surface area contributed by atoms with Crippen LogP contribution in [0.25, 0.3) is 31.8 Å². The van der Waals surface area contributed by atoms with Crippen LogP contribution in [0.3, 0.4) is 0 Å². The SMILES string of the molecule is C[n+]1c(-c2ccc3ccccc3n2)sc2ccccc21.[I-]. The van der Waals surface area contributed by atoms with Gasteiger partial charge in [0.2, 0.25) is 5.52 Å². The van der Waals surface area contributed by atoms with E-state index in [2.05, 4.69) is 60.1 Å². The molecule has 4 aromatic rings. The minimum atomic E-state index is 0. The van der Waals surface area contributed by atoms with Crippen molar-refractivity contribution < 1.29 is 28.5 Å². The highest BCUT2D eigenvalue weighted by Gasteiger charge is 2.19. The third kappa shape index (κ3) is 2.42. The number of nitrogens with zero attached hydrogens (tertiary/aromatic N) is 2. The van der Waals surface area contributed by atoms with Crippen LogP contribution >= 0.6 is 11.3 Å². The van der Waals surface area contributed by atoms with Crippen LogP contribution in [0.1, 0.15) is 0 Å². The Morgan fingerprint density at radius 2 is 1.67 bits per heavy atom. The van der Waals surface area contributed by atoms with Gasteiger partial charge in [-0.3, -0.25) is 0 Å². The molecule has 2 nitrogen and oxygen atoms in total. The van der Waals surface area contributed by atoms with Crippen LogP contribution < -0.4 is 28.5 Å². The zero-order valence-corrected chi connectivity index (χ0v) is 14.4. The molecule has 104 valence electrons. The first kappa shape index (κ1) is 14.4. The Hall–Kier alpha value is -1.53. The van der Waals surface area contributed by atoms with Crippen LogP contribution in [0.5, 0.6) is 0 Å². The second-order valence-electron chi connectivity index (χ2n) is 4.82. The fourth-order valence-electron chi connectivity index (χ4n) is 2.51. The first-order valence-corrected chi connectivity index (χ1v) is 7.38. The molecule has 2 aromatic heterocycles. The summed E-state index contributed by atoms with van der Waals surface area (Å²) in [6.45, 7) is 0. The van der Waals surface area contributed by atoms with Crippen LogP contribution in [0.4, 0.5) is 0 Å². The van der Waals surface area contributed by atoms with E-state index in [0.29, 0.717) is 0 Å². The van der Waals surface area contributed by atoms with Crippen LogP contribution in [0.2, 0.25) is 0 Å². The number of hydrogen-bond donors (Lipinski definition) is 0. The van der Waals surface area contributed by atoms with E-state index in [1.54, 1.807) is 11.3 Å². The van der Waals surface area contributed by atoms with Gasteiger partial charge in [-0.05, 0) is 18.2 Å². The third-order valence-corrected chi connectivity index (χ3v) is 4.80. The summed E-state index contributed by atoms with van der Waals surface area (Å²) in [5.74, 6) is 0. The van der Waals surface area contributed by atoms with Crippen molar-refractivity contribution in [2.75, 3.05) is 0 Å². The third-order valence-electron chi connectivity index (χ3n) is 3.56. The summed E-state index contributed by atoms with van der Waals surface area (Å²) in [5, 5.41) is 2.37.